The van der Waals surface area contributed by atoms with E-state index < -0.39 is 4.92 Å². The number of ether oxygens (including phenoxy) is 1. The first kappa shape index (κ1) is 14.4. The number of aryl methyl sites for hydroxylation is 1. The summed E-state index contributed by atoms with van der Waals surface area (Å²) in [5.41, 5.74) is 0.940. The molecular formula is C13H14N2O4S. The van der Waals surface area contributed by atoms with Crippen LogP contribution in [0.3, 0.4) is 0 Å². The number of nitro benzene ring substituents is 1. The summed E-state index contributed by atoms with van der Waals surface area (Å²) < 4.78 is 10.6. The molecule has 1 heterocycles. The Bertz CT molecular complexity index is 568. The molecule has 0 radical (unpaired) electrons. The zero-order chi connectivity index (χ0) is 14.4. The van der Waals surface area contributed by atoms with Gasteiger partial charge in [-0.05, 0) is 19.1 Å². The molecule has 2 aromatic rings. The summed E-state index contributed by atoms with van der Waals surface area (Å²) in [5.74, 6) is 3.04. The summed E-state index contributed by atoms with van der Waals surface area (Å²) in [6.07, 6.45) is 0. The van der Waals surface area contributed by atoms with Crippen molar-refractivity contribution in [3.63, 3.8) is 0 Å². The number of hydrogen-bond donors (Lipinski definition) is 0. The fourth-order valence-electron chi connectivity index (χ4n) is 1.54. The molecule has 2 rings (SSSR count). The van der Waals surface area contributed by atoms with Crippen LogP contribution in [0.1, 0.15) is 11.5 Å². The molecule has 0 fully saturated rings. The molecule has 0 aliphatic rings. The second-order valence-corrected chi connectivity index (χ2v) is 5.19. The van der Waals surface area contributed by atoms with Crippen LogP contribution in [-0.2, 0) is 5.75 Å². The molecule has 106 valence electrons. The Labute approximate surface area is 120 Å². The van der Waals surface area contributed by atoms with E-state index in [0.29, 0.717) is 12.4 Å². The van der Waals surface area contributed by atoms with E-state index in [0.717, 1.165) is 23.0 Å². The van der Waals surface area contributed by atoms with Crippen molar-refractivity contribution in [3.8, 4) is 5.75 Å². The van der Waals surface area contributed by atoms with Crippen molar-refractivity contribution < 1.29 is 14.2 Å². The lowest BCUT2D eigenvalue weighted by Crippen LogP contribution is -2.00. The normalized spacial score (nSPS) is 10.4. The van der Waals surface area contributed by atoms with Crippen molar-refractivity contribution in [3.05, 3.63) is 51.9 Å². The van der Waals surface area contributed by atoms with Gasteiger partial charge in [-0.3, -0.25) is 10.1 Å². The Morgan fingerprint density at radius 2 is 2.15 bits per heavy atom. The van der Waals surface area contributed by atoms with Gasteiger partial charge in [0.25, 0.3) is 5.69 Å². The van der Waals surface area contributed by atoms with Crippen LogP contribution in [0.2, 0.25) is 0 Å². The van der Waals surface area contributed by atoms with E-state index in [1.165, 1.54) is 12.1 Å². The number of rotatable bonds is 7. The summed E-state index contributed by atoms with van der Waals surface area (Å²) in [7, 11) is 0. The van der Waals surface area contributed by atoms with E-state index >= 15 is 0 Å². The predicted octanol–water partition coefficient (Wildman–Crippen LogP) is 3.20. The minimum atomic E-state index is -0.432. The minimum Gasteiger partial charge on any atom is -0.493 e. The summed E-state index contributed by atoms with van der Waals surface area (Å²) in [5, 5.41) is 14.3. The average molecular weight is 294 g/mol. The van der Waals surface area contributed by atoms with E-state index in [1.54, 1.807) is 23.9 Å². The Morgan fingerprint density at radius 1 is 1.40 bits per heavy atom. The third-order valence-corrected chi connectivity index (χ3v) is 3.41. The monoisotopic (exact) mass is 294 g/mol. The van der Waals surface area contributed by atoms with E-state index in [4.69, 9.17) is 9.26 Å². The van der Waals surface area contributed by atoms with E-state index in [1.807, 2.05) is 13.0 Å². The van der Waals surface area contributed by atoms with Gasteiger partial charge in [-0.25, -0.2) is 0 Å². The summed E-state index contributed by atoms with van der Waals surface area (Å²) in [4.78, 5) is 10.1. The van der Waals surface area contributed by atoms with E-state index in [-0.39, 0.29) is 5.69 Å². The fourth-order valence-corrected chi connectivity index (χ4v) is 2.22. The van der Waals surface area contributed by atoms with Gasteiger partial charge >= 0.3 is 0 Å². The third-order valence-electron chi connectivity index (χ3n) is 2.47. The Morgan fingerprint density at radius 3 is 2.75 bits per heavy atom. The van der Waals surface area contributed by atoms with Crippen LogP contribution in [0.15, 0.2) is 34.9 Å². The molecule has 0 bridgehead atoms. The van der Waals surface area contributed by atoms with Gasteiger partial charge in [-0.1, -0.05) is 5.16 Å². The largest absolute Gasteiger partial charge is 0.493 e. The van der Waals surface area contributed by atoms with Crippen LogP contribution in [-0.4, -0.2) is 22.4 Å². The van der Waals surface area contributed by atoms with Crippen LogP contribution >= 0.6 is 11.8 Å². The number of aromatic nitrogens is 1. The third kappa shape index (κ3) is 4.27. The number of non-ortho nitro benzene ring substituents is 1. The van der Waals surface area contributed by atoms with Crippen LogP contribution < -0.4 is 4.74 Å². The highest BCUT2D eigenvalue weighted by molar-refractivity contribution is 7.98. The van der Waals surface area contributed by atoms with Crippen LogP contribution in [0.25, 0.3) is 0 Å². The molecular weight excluding hydrogens is 280 g/mol. The quantitative estimate of drug-likeness (QED) is 0.443. The maximum atomic E-state index is 10.5. The standard InChI is InChI=1S/C13H14N2O4S/c1-10-8-13(19-14-10)9-20-7-6-18-12-4-2-11(3-5-12)15(16)17/h2-5,8H,6-7,9H2,1H3. The topological polar surface area (TPSA) is 78.4 Å². The predicted molar refractivity (Wildman–Crippen MR) is 76.0 cm³/mol. The smallest absolute Gasteiger partial charge is 0.269 e. The van der Waals surface area contributed by atoms with Crippen molar-refractivity contribution >= 4 is 17.4 Å². The van der Waals surface area contributed by atoms with Gasteiger partial charge in [-0.2, -0.15) is 11.8 Å². The zero-order valence-electron chi connectivity index (χ0n) is 10.9. The van der Waals surface area contributed by atoms with Gasteiger partial charge in [0.2, 0.25) is 0 Å². The van der Waals surface area contributed by atoms with Gasteiger partial charge in [0, 0.05) is 24.0 Å². The van der Waals surface area contributed by atoms with Gasteiger partial charge in [0.15, 0.2) is 0 Å². The van der Waals surface area contributed by atoms with Crippen molar-refractivity contribution in [2.24, 2.45) is 0 Å². The van der Waals surface area contributed by atoms with Crippen molar-refractivity contribution in [1.29, 1.82) is 0 Å². The highest BCUT2D eigenvalue weighted by atomic mass is 32.2. The number of benzene rings is 1. The lowest BCUT2D eigenvalue weighted by molar-refractivity contribution is -0.384. The molecule has 0 spiro atoms. The first-order valence-corrected chi connectivity index (χ1v) is 7.18. The molecule has 0 atom stereocenters. The van der Waals surface area contributed by atoms with Crippen LogP contribution in [0.5, 0.6) is 5.75 Å². The molecule has 0 aliphatic carbocycles. The van der Waals surface area contributed by atoms with E-state index in [9.17, 15) is 10.1 Å². The SMILES string of the molecule is Cc1cc(CSCCOc2ccc([N+](=O)[O-])cc2)on1. The lowest BCUT2D eigenvalue weighted by Gasteiger charge is -2.04. The lowest BCUT2D eigenvalue weighted by atomic mass is 10.3. The average Bonchev–Trinajstić information content (AvgIpc) is 2.84. The molecule has 7 heteroatoms. The highest BCUT2D eigenvalue weighted by Gasteiger charge is 2.04. The number of hydrogen-bond acceptors (Lipinski definition) is 6. The van der Waals surface area contributed by atoms with Gasteiger partial charge in [0.1, 0.15) is 11.5 Å². The Kier molecular flexibility index (Phi) is 5.00. The highest BCUT2D eigenvalue weighted by Crippen LogP contribution is 2.18. The molecule has 20 heavy (non-hydrogen) atoms. The number of nitrogens with zero attached hydrogens (tertiary/aromatic N) is 2. The van der Waals surface area contributed by atoms with Crippen molar-refractivity contribution in [2.75, 3.05) is 12.4 Å². The van der Waals surface area contributed by atoms with Crippen molar-refractivity contribution in [2.45, 2.75) is 12.7 Å². The molecule has 0 aliphatic heterocycles. The van der Waals surface area contributed by atoms with Gasteiger partial charge in [-0.15, -0.1) is 0 Å². The summed E-state index contributed by atoms with van der Waals surface area (Å²) >= 11 is 1.68. The second kappa shape index (κ2) is 6.95. The fraction of sp³-hybridized carbons (Fsp3) is 0.308. The second-order valence-electron chi connectivity index (χ2n) is 4.09. The molecule has 1 aromatic heterocycles. The van der Waals surface area contributed by atoms with E-state index in [2.05, 4.69) is 5.16 Å². The van der Waals surface area contributed by atoms with Gasteiger partial charge in [0.05, 0.1) is 23.0 Å². The van der Waals surface area contributed by atoms with Gasteiger partial charge < -0.3 is 9.26 Å². The minimum absolute atomic E-state index is 0.0624. The summed E-state index contributed by atoms with van der Waals surface area (Å²) in [6, 6.07) is 7.97. The Hall–Kier alpha value is -2.02. The maximum absolute atomic E-state index is 10.5. The maximum Gasteiger partial charge on any atom is 0.269 e. The summed E-state index contributed by atoms with van der Waals surface area (Å²) in [6.45, 7) is 2.42. The Balaban J connectivity index is 1.66. The zero-order valence-corrected chi connectivity index (χ0v) is 11.8. The first-order valence-electron chi connectivity index (χ1n) is 6.02. The molecule has 0 saturated carbocycles. The molecule has 0 amide bonds. The molecule has 1 aromatic carbocycles. The molecule has 0 N–H and O–H groups in total. The number of thioether (sulfide) groups is 1. The molecule has 0 unspecified atom stereocenters. The van der Waals surface area contributed by atoms with Crippen molar-refractivity contribution in [1.82, 2.24) is 5.16 Å². The first-order chi connectivity index (χ1) is 9.65. The molecule has 6 nitrogen and oxygen atoms in total. The molecule has 0 saturated heterocycles. The number of nitro groups is 1. The van der Waals surface area contributed by atoms with Crippen LogP contribution in [0, 0.1) is 17.0 Å². The van der Waals surface area contributed by atoms with Crippen LogP contribution in [0.4, 0.5) is 5.69 Å².